The minimum Gasteiger partial charge on any atom is -0.453 e. The molecule has 16 heteroatoms. The molecule has 0 heterocycles. The Kier molecular flexibility index (Phi) is 8.17. The van der Waals surface area contributed by atoms with Gasteiger partial charge in [0.2, 0.25) is 5.83 Å². The molecular weight excluding hydrogens is 434 g/mol. The summed E-state index contributed by atoms with van der Waals surface area (Å²) in [5, 5.41) is -5.01. The Bertz CT molecular complexity index is 745. The van der Waals surface area contributed by atoms with Gasteiger partial charge in [0.25, 0.3) is 0 Å². The van der Waals surface area contributed by atoms with Gasteiger partial charge in [0, 0.05) is 0 Å². The van der Waals surface area contributed by atoms with Crippen LogP contribution in [0.25, 0.3) is 0 Å². The number of ether oxygens (including phenoxy) is 3. The molecule has 0 spiro atoms. The second-order valence-corrected chi connectivity index (χ2v) is 6.45. The van der Waals surface area contributed by atoms with Crippen molar-refractivity contribution < 1.29 is 67.9 Å². The van der Waals surface area contributed by atoms with Crippen LogP contribution in [0.2, 0.25) is 0 Å². The van der Waals surface area contributed by atoms with E-state index in [1.165, 1.54) is 0 Å². The summed E-state index contributed by atoms with van der Waals surface area (Å²) in [4.78, 5) is 33.6. The van der Waals surface area contributed by atoms with Crippen molar-refractivity contribution in [2.24, 2.45) is 0 Å². The molecule has 0 fully saturated rings. The second kappa shape index (κ2) is 8.87. The Morgan fingerprint density at radius 2 is 1.61 bits per heavy atom. The summed E-state index contributed by atoms with van der Waals surface area (Å²) >= 11 is 0. The minimum atomic E-state index is -6.07. The van der Waals surface area contributed by atoms with Crippen molar-refractivity contribution >= 4 is 27.8 Å². The van der Waals surface area contributed by atoms with Gasteiger partial charge in [-0.05, 0) is 6.92 Å². The van der Waals surface area contributed by atoms with Crippen molar-refractivity contribution in [3.8, 4) is 0 Å². The van der Waals surface area contributed by atoms with E-state index < -0.39 is 70.5 Å². The summed E-state index contributed by atoms with van der Waals surface area (Å²) in [5.74, 6) is -13.1. The van der Waals surface area contributed by atoms with E-state index in [0.29, 0.717) is 0 Å². The van der Waals surface area contributed by atoms with Gasteiger partial charge < -0.3 is 14.2 Å². The molecule has 0 saturated carbocycles. The maximum atomic E-state index is 13.3. The van der Waals surface area contributed by atoms with Gasteiger partial charge in [-0.2, -0.15) is 34.8 Å². The summed E-state index contributed by atoms with van der Waals surface area (Å²) in [6.45, 7) is -0.188. The standard InChI is InChI=1S/C12H12F6O9S/c1-6(19)5-25-9(21)11(12(16,17)18,27-8(20)7(2)13)26-4-3-10(14,15)28(22,23)24/h2-5H2,1H3,(H,22,23,24). The van der Waals surface area contributed by atoms with Crippen LogP contribution in [0.1, 0.15) is 13.3 Å². The van der Waals surface area contributed by atoms with Crippen LogP contribution in [0.3, 0.4) is 0 Å². The molecule has 0 saturated heterocycles. The van der Waals surface area contributed by atoms with Crippen LogP contribution in [0, 0.1) is 0 Å². The Hall–Kier alpha value is -2.20. The van der Waals surface area contributed by atoms with E-state index >= 15 is 0 Å². The Balaban J connectivity index is 5.91. The lowest BCUT2D eigenvalue weighted by atomic mass is 10.2. The van der Waals surface area contributed by atoms with Crippen molar-refractivity contribution in [1.82, 2.24) is 0 Å². The van der Waals surface area contributed by atoms with Gasteiger partial charge in [-0.15, -0.1) is 0 Å². The van der Waals surface area contributed by atoms with Crippen molar-refractivity contribution in [3.05, 3.63) is 12.4 Å². The lowest BCUT2D eigenvalue weighted by Crippen LogP contribution is -2.58. The molecule has 0 radical (unpaired) electrons. The topological polar surface area (TPSA) is 133 Å². The highest BCUT2D eigenvalue weighted by Crippen LogP contribution is 2.38. The van der Waals surface area contributed by atoms with E-state index in [2.05, 4.69) is 20.8 Å². The van der Waals surface area contributed by atoms with Crippen LogP contribution in [0.15, 0.2) is 12.4 Å². The lowest BCUT2D eigenvalue weighted by Gasteiger charge is -2.32. The zero-order valence-electron chi connectivity index (χ0n) is 13.7. The third-order valence-electron chi connectivity index (χ3n) is 2.58. The molecule has 0 aliphatic rings. The average Bonchev–Trinajstić information content (AvgIpc) is 2.48. The van der Waals surface area contributed by atoms with Crippen molar-refractivity contribution in [3.63, 3.8) is 0 Å². The first-order valence-electron chi connectivity index (χ1n) is 6.67. The summed E-state index contributed by atoms with van der Waals surface area (Å²) in [5.41, 5.74) is 0. The summed E-state index contributed by atoms with van der Waals surface area (Å²) in [7, 11) is -6.07. The maximum Gasteiger partial charge on any atom is 0.468 e. The normalized spacial score (nSPS) is 14.7. The molecule has 162 valence electrons. The van der Waals surface area contributed by atoms with Crippen LogP contribution in [0.5, 0.6) is 0 Å². The molecule has 1 unspecified atom stereocenters. The molecular formula is C12H12F6O9S. The molecule has 0 aromatic rings. The van der Waals surface area contributed by atoms with Gasteiger partial charge in [0.1, 0.15) is 6.61 Å². The average molecular weight is 446 g/mol. The molecule has 0 aromatic carbocycles. The fraction of sp³-hybridized carbons (Fsp3) is 0.583. The van der Waals surface area contributed by atoms with Gasteiger partial charge >= 0.3 is 39.3 Å². The van der Waals surface area contributed by atoms with E-state index in [4.69, 9.17) is 4.55 Å². The van der Waals surface area contributed by atoms with E-state index in [1.54, 1.807) is 0 Å². The van der Waals surface area contributed by atoms with E-state index in [0.717, 1.165) is 6.92 Å². The molecule has 0 bridgehead atoms. The van der Waals surface area contributed by atoms with Gasteiger partial charge in [-0.1, -0.05) is 6.58 Å². The molecule has 9 nitrogen and oxygen atoms in total. The molecule has 0 aliphatic heterocycles. The number of halogens is 6. The van der Waals surface area contributed by atoms with Crippen molar-refractivity contribution in [2.75, 3.05) is 13.2 Å². The van der Waals surface area contributed by atoms with E-state index in [1.807, 2.05) is 0 Å². The Morgan fingerprint density at radius 3 is 1.96 bits per heavy atom. The summed E-state index contributed by atoms with van der Waals surface area (Å²) < 4.78 is 119. The number of hydrogen-bond acceptors (Lipinski definition) is 8. The highest BCUT2D eigenvalue weighted by molar-refractivity contribution is 7.86. The predicted octanol–water partition coefficient (Wildman–Crippen LogP) is 1.29. The number of ketones is 1. The molecule has 0 aromatic heterocycles. The SMILES string of the molecule is C=C(F)C(=O)OC(OCCC(F)(F)S(=O)(=O)O)(C(=O)OCC(C)=O)C(F)(F)F. The van der Waals surface area contributed by atoms with Crippen LogP contribution in [-0.2, 0) is 38.7 Å². The first-order valence-corrected chi connectivity index (χ1v) is 8.11. The third kappa shape index (κ3) is 6.45. The van der Waals surface area contributed by atoms with Gasteiger partial charge in [0.15, 0.2) is 5.78 Å². The summed E-state index contributed by atoms with van der Waals surface area (Å²) in [6, 6.07) is 0. The molecule has 0 aliphatic carbocycles. The van der Waals surface area contributed by atoms with Gasteiger partial charge in [-0.25, -0.2) is 9.59 Å². The number of alkyl halides is 5. The fourth-order valence-electron chi connectivity index (χ4n) is 1.28. The first-order chi connectivity index (χ1) is 12.4. The number of hydrogen-bond donors (Lipinski definition) is 1. The fourth-order valence-corrected chi connectivity index (χ4v) is 1.62. The van der Waals surface area contributed by atoms with Crippen LogP contribution in [0.4, 0.5) is 26.3 Å². The van der Waals surface area contributed by atoms with Crippen LogP contribution < -0.4 is 0 Å². The van der Waals surface area contributed by atoms with Gasteiger partial charge in [0.05, 0.1) is 13.0 Å². The van der Waals surface area contributed by atoms with Crippen molar-refractivity contribution in [2.45, 2.75) is 30.6 Å². The number of Topliss-reactive ketones (excluding diaryl/α,β-unsaturated/α-hetero) is 1. The number of rotatable bonds is 10. The Labute approximate surface area is 153 Å². The highest BCUT2D eigenvalue weighted by Gasteiger charge is 2.68. The zero-order chi connectivity index (χ0) is 22.6. The quantitative estimate of drug-likeness (QED) is 0.173. The second-order valence-electron chi connectivity index (χ2n) is 4.90. The Morgan fingerprint density at radius 1 is 1.11 bits per heavy atom. The number of esters is 2. The lowest BCUT2D eigenvalue weighted by molar-refractivity contribution is -0.355. The maximum absolute atomic E-state index is 13.3. The molecule has 1 N–H and O–H groups in total. The highest BCUT2D eigenvalue weighted by atomic mass is 32.2. The molecule has 0 amide bonds. The van der Waals surface area contributed by atoms with Crippen LogP contribution >= 0.6 is 0 Å². The minimum absolute atomic E-state index is 0.769. The molecule has 1 atom stereocenters. The smallest absolute Gasteiger partial charge is 0.453 e. The van der Waals surface area contributed by atoms with E-state index in [-0.39, 0.29) is 0 Å². The first kappa shape index (κ1) is 25.8. The summed E-state index contributed by atoms with van der Waals surface area (Å²) in [6.07, 6.45) is -8.21. The number of carbonyl (C=O) groups is 3. The predicted molar refractivity (Wildman–Crippen MR) is 73.8 cm³/mol. The van der Waals surface area contributed by atoms with Gasteiger partial charge in [-0.3, -0.25) is 9.35 Å². The monoisotopic (exact) mass is 446 g/mol. The largest absolute Gasteiger partial charge is 0.468 e. The van der Waals surface area contributed by atoms with Crippen LogP contribution in [-0.4, -0.2) is 61.1 Å². The van der Waals surface area contributed by atoms with E-state index in [9.17, 15) is 49.1 Å². The van der Waals surface area contributed by atoms with Crippen molar-refractivity contribution in [1.29, 1.82) is 0 Å². The number of carbonyl (C=O) groups excluding carboxylic acids is 3. The third-order valence-corrected chi connectivity index (χ3v) is 3.54. The molecule has 0 rings (SSSR count). The zero-order valence-corrected chi connectivity index (χ0v) is 14.5. The molecule has 28 heavy (non-hydrogen) atoms.